The number of likely N-dealkylation sites (tertiary alicyclic amines) is 1. The predicted octanol–water partition coefficient (Wildman–Crippen LogP) is 3.96. The highest BCUT2D eigenvalue weighted by Crippen LogP contribution is 2.49. The molecule has 0 amide bonds. The highest BCUT2D eigenvalue weighted by molar-refractivity contribution is 6.33. The molecule has 7 heteroatoms. The van der Waals surface area contributed by atoms with Gasteiger partial charge in [0, 0.05) is 12.1 Å². The highest BCUT2D eigenvalue weighted by Gasteiger charge is 2.43. The Labute approximate surface area is 181 Å². The van der Waals surface area contributed by atoms with Crippen LogP contribution in [-0.4, -0.2) is 47.8 Å². The van der Waals surface area contributed by atoms with Gasteiger partial charge in [0.15, 0.2) is 11.5 Å². The maximum absolute atomic E-state index is 11.6. The first kappa shape index (κ1) is 20.8. The van der Waals surface area contributed by atoms with E-state index in [0.29, 0.717) is 10.8 Å². The van der Waals surface area contributed by atoms with Crippen molar-refractivity contribution in [3.05, 3.63) is 52.5 Å². The van der Waals surface area contributed by atoms with Crippen LogP contribution in [0.2, 0.25) is 5.02 Å². The first-order valence-electron chi connectivity index (χ1n) is 10.3. The van der Waals surface area contributed by atoms with E-state index >= 15 is 0 Å². The van der Waals surface area contributed by atoms with Crippen molar-refractivity contribution in [2.24, 2.45) is 0 Å². The lowest BCUT2D eigenvalue weighted by Gasteiger charge is -2.37. The number of carboxylic acid groups (broad SMARTS) is 1. The van der Waals surface area contributed by atoms with Gasteiger partial charge in [0.25, 0.3) is 0 Å². The van der Waals surface area contributed by atoms with Gasteiger partial charge in [-0.1, -0.05) is 41.9 Å². The molecule has 0 aromatic heterocycles. The van der Waals surface area contributed by atoms with Crippen molar-refractivity contribution in [1.29, 1.82) is 0 Å². The minimum atomic E-state index is -1.48. The number of halogens is 1. The Morgan fingerprint density at radius 1 is 1.27 bits per heavy atom. The number of carbonyl (C=O) groups is 1. The number of fused-ring (bicyclic) bond motifs is 1. The Bertz CT molecular complexity index is 929. The molecule has 1 unspecified atom stereocenters. The number of hydrogen-bond acceptors (Lipinski definition) is 5. The summed E-state index contributed by atoms with van der Waals surface area (Å²) in [6, 6.07) is 12.4. The Kier molecular flexibility index (Phi) is 5.80. The topological polar surface area (TPSA) is 85.0 Å². The van der Waals surface area contributed by atoms with Crippen molar-refractivity contribution in [1.82, 2.24) is 4.90 Å². The van der Waals surface area contributed by atoms with Gasteiger partial charge in [0.1, 0.15) is 6.61 Å². The fourth-order valence-corrected chi connectivity index (χ4v) is 4.37. The molecule has 0 saturated carbocycles. The monoisotopic (exact) mass is 430 g/mol. The van der Waals surface area contributed by atoms with E-state index in [1.807, 2.05) is 12.1 Å². The normalized spacial score (nSPS) is 22.1. The van der Waals surface area contributed by atoms with Crippen LogP contribution in [0.5, 0.6) is 11.5 Å². The van der Waals surface area contributed by atoms with E-state index in [9.17, 15) is 9.90 Å². The number of aliphatic carboxylic acids is 1. The average Bonchev–Trinajstić information content (AvgIpc) is 2.76. The smallest absolute Gasteiger partial charge is 0.351 e. The second-order valence-electron chi connectivity index (χ2n) is 8.30. The molecular formula is C23H27ClN2O4. The molecule has 30 heavy (non-hydrogen) atoms. The zero-order chi connectivity index (χ0) is 21.3. The number of hydrogen-bond donors (Lipinski definition) is 2. The molecule has 2 aromatic rings. The SMILES string of the molecule is CC1(C(=O)O)COc2c(C3CCN(CCc4ccccc4)CC3)cc(Cl)c(N)c2O1. The predicted molar refractivity (Wildman–Crippen MR) is 117 cm³/mol. The van der Waals surface area contributed by atoms with Gasteiger partial charge in [0.05, 0.1) is 10.7 Å². The molecule has 0 radical (unpaired) electrons. The van der Waals surface area contributed by atoms with Gasteiger partial charge in [-0.15, -0.1) is 0 Å². The number of piperidine rings is 1. The number of benzene rings is 2. The first-order chi connectivity index (χ1) is 14.4. The third-order valence-corrected chi connectivity index (χ3v) is 6.42. The van der Waals surface area contributed by atoms with E-state index in [4.69, 9.17) is 26.8 Å². The fraction of sp³-hybridized carbons (Fsp3) is 0.435. The fourth-order valence-electron chi connectivity index (χ4n) is 4.16. The van der Waals surface area contributed by atoms with Crippen LogP contribution < -0.4 is 15.2 Å². The zero-order valence-electron chi connectivity index (χ0n) is 17.1. The lowest BCUT2D eigenvalue weighted by atomic mass is 9.87. The zero-order valence-corrected chi connectivity index (χ0v) is 17.8. The van der Waals surface area contributed by atoms with Crippen molar-refractivity contribution in [2.75, 3.05) is 32.0 Å². The third kappa shape index (κ3) is 4.07. The first-order valence-corrected chi connectivity index (χ1v) is 10.7. The maximum Gasteiger partial charge on any atom is 0.351 e. The Hall–Kier alpha value is -2.44. The van der Waals surface area contributed by atoms with E-state index in [0.717, 1.165) is 44.5 Å². The summed E-state index contributed by atoms with van der Waals surface area (Å²) in [7, 11) is 0. The summed E-state index contributed by atoms with van der Waals surface area (Å²) in [5, 5.41) is 9.85. The van der Waals surface area contributed by atoms with Crippen LogP contribution >= 0.6 is 11.6 Å². The van der Waals surface area contributed by atoms with Gasteiger partial charge in [-0.25, -0.2) is 4.79 Å². The summed E-state index contributed by atoms with van der Waals surface area (Å²) in [5.74, 6) is -0.0399. The molecule has 1 saturated heterocycles. The van der Waals surface area contributed by atoms with E-state index in [2.05, 4.69) is 29.2 Å². The average molecular weight is 431 g/mol. The third-order valence-electron chi connectivity index (χ3n) is 6.11. The van der Waals surface area contributed by atoms with Crippen LogP contribution in [0, 0.1) is 0 Å². The summed E-state index contributed by atoms with van der Waals surface area (Å²) in [5.41, 5.74) is 7.16. The minimum Gasteiger partial charge on any atom is -0.484 e. The molecule has 2 aromatic carbocycles. The van der Waals surface area contributed by atoms with Crippen LogP contribution in [0.15, 0.2) is 36.4 Å². The number of ether oxygens (including phenoxy) is 2. The van der Waals surface area contributed by atoms with Crippen molar-refractivity contribution < 1.29 is 19.4 Å². The number of nitrogen functional groups attached to an aromatic ring is 1. The standard InChI is InChI=1S/C23H27ClN2O4/c1-23(22(27)28)14-29-20-17(13-18(24)19(25)21(20)30-23)16-8-11-26(12-9-16)10-7-15-5-3-2-4-6-15/h2-6,13,16H,7-12,14,25H2,1H3,(H,27,28). The molecule has 2 aliphatic heterocycles. The van der Waals surface area contributed by atoms with Gasteiger partial charge < -0.3 is 25.2 Å². The summed E-state index contributed by atoms with van der Waals surface area (Å²) in [6.07, 6.45) is 2.99. The number of rotatable bonds is 5. The number of anilines is 1. The largest absolute Gasteiger partial charge is 0.484 e. The maximum atomic E-state index is 11.6. The van der Waals surface area contributed by atoms with Crippen molar-refractivity contribution in [3.8, 4) is 11.5 Å². The summed E-state index contributed by atoms with van der Waals surface area (Å²) < 4.78 is 11.7. The molecule has 2 aliphatic rings. The lowest BCUT2D eigenvalue weighted by molar-refractivity contribution is -0.158. The summed E-state index contributed by atoms with van der Waals surface area (Å²) in [6.45, 7) is 4.42. The van der Waals surface area contributed by atoms with Crippen molar-refractivity contribution in [3.63, 3.8) is 0 Å². The summed E-state index contributed by atoms with van der Waals surface area (Å²) >= 11 is 6.37. The molecule has 3 N–H and O–H groups in total. The van der Waals surface area contributed by atoms with E-state index < -0.39 is 11.6 Å². The van der Waals surface area contributed by atoms with Gasteiger partial charge in [-0.2, -0.15) is 0 Å². The molecule has 0 aliphatic carbocycles. The molecule has 0 bridgehead atoms. The van der Waals surface area contributed by atoms with E-state index in [-0.39, 0.29) is 24.0 Å². The Morgan fingerprint density at radius 2 is 1.97 bits per heavy atom. The van der Waals surface area contributed by atoms with Crippen LogP contribution in [0.4, 0.5) is 5.69 Å². The minimum absolute atomic E-state index is 0.0701. The molecule has 4 rings (SSSR count). The molecule has 0 spiro atoms. The summed E-state index contributed by atoms with van der Waals surface area (Å²) in [4.78, 5) is 14.1. The highest BCUT2D eigenvalue weighted by atomic mass is 35.5. The number of nitrogens with two attached hydrogens (primary N) is 1. The van der Waals surface area contributed by atoms with Crippen molar-refractivity contribution >= 4 is 23.3 Å². The van der Waals surface area contributed by atoms with E-state index in [1.165, 1.54) is 12.5 Å². The molecule has 6 nitrogen and oxygen atoms in total. The molecular weight excluding hydrogens is 404 g/mol. The van der Waals surface area contributed by atoms with Crippen LogP contribution in [0.3, 0.4) is 0 Å². The van der Waals surface area contributed by atoms with Gasteiger partial charge >= 0.3 is 5.97 Å². The van der Waals surface area contributed by atoms with Crippen LogP contribution in [0.1, 0.15) is 36.8 Å². The van der Waals surface area contributed by atoms with Crippen LogP contribution in [0.25, 0.3) is 0 Å². The van der Waals surface area contributed by atoms with Gasteiger partial charge in [-0.05, 0) is 56.8 Å². The molecule has 2 heterocycles. The Morgan fingerprint density at radius 3 is 2.63 bits per heavy atom. The van der Waals surface area contributed by atoms with Crippen molar-refractivity contribution in [2.45, 2.75) is 37.7 Å². The quantitative estimate of drug-likeness (QED) is 0.698. The number of carboxylic acids is 1. The van der Waals surface area contributed by atoms with Crippen LogP contribution in [-0.2, 0) is 11.2 Å². The Balaban J connectivity index is 1.47. The second kappa shape index (κ2) is 8.36. The number of nitrogens with zero attached hydrogens (tertiary/aromatic N) is 1. The van der Waals surface area contributed by atoms with E-state index in [1.54, 1.807) is 0 Å². The lowest BCUT2D eigenvalue weighted by Crippen LogP contribution is -2.49. The van der Waals surface area contributed by atoms with Gasteiger partial charge in [-0.3, -0.25) is 0 Å². The molecule has 160 valence electrons. The second-order valence-corrected chi connectivity index (χ2v) is 8.70. The molecule has 1 atom stereocenters. The van der Waals surface area contributed by atoms with Gasteiger partial charge in [0.2, 0.25) is 5.60 Å². The molecule has 1 fully saturated rings.